The molecule has 0 unspecified atom stereocenters. The molecule has 3 rings (SSSR count). The van der Waals surface area contributed by atoms with Gasteiger partial charge in [-0.2, -0.15) is 0 Å². The van der Waals surface area contributed by atoms with Crippen molar-refractivity contribution in [2.45, 2.75) is 18.4 Å². The maximum Gasteiger partial charge on any atom is 0.241 e. The van der Waals surface area contributed by atoms with E-state index in [1.807, 2.05) is 30.3 Å². The van der Waals surface area contributed by atoms with Crippen molar-refractivity contribution in [2.24, 2.45) is 0 Å². The summed E-state index contributed by atoms with van der Waals surface area (Å²) in [4.78, 5) is 4.54. The minimum absolute atomic E-state index is 0.205. The Kier molecular flexibility index (Phi) is 4.51. The van der Waals surface area contributed by atoms with Gasteiger partial charge in [-0.1, -0.05) is 18.2 Å². The largest absolute Gasteiger partial charge is 0.497 e. The predicted octanol–water partition coefficient (Wildman–Crippen LogP) is 3.03. The zero-order valence-electron chi connectivity index (χ0n) is 13.5. The van der Waals surface area contributed by atoms with Crippen LogP contribution in [0.5, 0.6) is 5.75 Å². The summed E-state index contributed by atoms with van der Waals surface area (Å²) in [5, 5.41) is 0.939. The average Bonchev–Trinajstić information content (AvgIpc) is 2.59. The Bertz CT molecular complexity index is 979. The highest BCUT2D eigenvalue weighted by molar-refractivity contribution is 7.89. The van der Waals surface area contributed by atoms with Crippen LogP contribution in [0, 0.1) is 6.92 Å². The quantitative estimate of drug-likeness (QED) is 0.774. The van der Waals surface area contributed by atoms with Gasteiger partial charge in [-0.3, -0.25) is 4.98 Å². The van der Waals surface area contributed by atoms with E-state index >= 15 is 0 Å². The van der Waals surface area contributed by atoms with Gasteiger partial charge >= 0.3 is 0 Å². The Balaban J connectivity index is 1.87. The number of nitrogens with zero attached hydrogens (tertiary/aromatic N) is 1. The lowest BCUT2D eigenvalue weighted by molar-refractivity contribution is 0.414. The summed E-state index contributed by atoms with van der Waals surface area (Å²) >= 11 is 0. The summed E-state index contributed by atoms with van der Waals surface area (Å²) in [5.74, 6) is 0.631. The molecule has 0 aliphatic heterocycles. The lowest BCUT2D eigenvalue weighted by Crippen LogP contribution is -2.24. The number of hydrogen-bond donors (Lipinski definition) is 1. The van der Waals surface area contributed by atoms with E-state index in [1.165, 1.54) is 0 Å². The van der Waals surface area contributed by atoms with Crippen molar-refractivity contribution in [3.63, 3.8) is 0 Å². The molecule has 1 aromatic heterocycles. The summed E-state index contributed by atoms with van der Waals surface area (Å²) in [5.41, 5.74) is 2.37. The minimum atomic E-state index is -3.61. The molecule has 124 valence electrons. The van der Waals surface area contributed by atoms with Gasteiger partial charge in [0.05, 0.1) is 17.5 Å². The fourth-order valence-corrected chi connectivity index (χ4v) is 3.84. The first-order valence-corrected chi connectivity index (χ1v) is 8.96. The number of pyridine rings is 1. The molecule has 1 heterocycles. The summed E-state index contributed by atoms with van der Waals surface area (Å²) in [6.07, 6.45) is 1.69. The lowest BCUT2D eigenvalue weighted by atomic mass is 10.1. The molecular formula is C18H18N2O3S. The van der Waals surface area contributed by atoms with Crippen molar-refractivity contribution in [1.82, 2.24) is 9.71 Å². The first-order valence-electron chi connectivity index (χ1n) is 7.48. The van der Waals surface area contributed by atoms with Crippen LogP contribution in [0.15, 0.2) is 59.6 Å². The lowest BCUT2D eigenvalue weighted by Gasteiger charge is -2.11. The van der Waals surface area contributed by atoms with Crippen LogP contribution in [0.1, 0.15) is 11.1 Å². The first kappa shape index (κ1) is 16.4. The molecule has 0 atom stereocenters. The standard InChI is InChI=1S/C18H18N2O3S/c1-13-11-15(23-2)7-8-18(13)24(21,22)20-12-14-9-10-19-17-6-4-3-5-16(14)17/h3-11,20H,12H2,1-2H3. The number of aromatic nitrogens is 1. The van der Waals surface area contributed by atoms with Crippen molar-refractivity contribution in [3.8, 4) is 5.75 Å². The number of aryl methyl sites for hydroxylation is 1. The van der Waals surface area contributed by atoms with Gasteiger partial charge in [0, 0.05) is 18.1 Å². The Morgan fingerprint density at radius 3 is 2.67 bits per heavy atom. The third-order valence-electron chi connectivity index (χ3n) is 3.86. The molecule has 24 heavy (non-hydrogen) atoms. The zero-order valence-corrected chi connectivity index (χ0v) is 14.3. The molecule has 3 aromatic rings. The number of fused-ring (bicyclic) bond motifs is 1. The van der Waals surface area contributed by atoms with Crippen LogP contribution in [0.25, 0.3) is 10.9 Å². The minimum Gasteiger partial charge on any atom is -0.497 e. The summed E-state index contributed by atoms with van der Waals surface area (Å²) in [6, 6.07) is 14.4. The Labute approximate surface area is 141 Å². The van der Waals surface area contributed by atoms with E-state index in [2.05, 4.69) is 9.71 Å². The van der Waals surface area contributed by atoms with Crippen molar-refractivity contribution in [3.05, 3.63) is 65.9 Å². The molecule has 0 amide bonds. The number of hydrogen-bond acceptors (Lipinski definition) is 4. The Morgan fingerprint density at radius 1 is 1.12 bits per heavy atom. The van der Waals surface area contributed by atoms with Crippen molar-refractivity contribution >= 4 is 20.9 Å². The fourth-order valence-electron chi connectivity index (χ4n) is 2.61. The fraction of sp³-hybridized carbons (Fsp3) is 0.167. The monoisotopic (exact) mass is 342 g/mol. The molecule has 0 saturated heterocycles. The van der Waals surface area contributed by atoms with Crippen LogP contribution in [0.4, 0.5) is 0 Å². The van der Waals surface area contributed by atoms with E-state index in [4.69, 9.17) is 4.74 Å². The number of methoxy groups -OCH3 is 1. The third kappa shape index (κ3) is 3.25. The Morgan fingerprint density at radius 2 is 1.92 bits per heavy atom. The van der Waals surface area contributed by atoms with Gasteiger partial charge in [-0.25, -0.2) is 13.1 Å². The highest BCUT2D eigenvalue weighted by Gasteiger charge is 2.17. The van der Waals surface area contributed by atoms with Crippen molar-refractivity contribution < 1.29 is 13.2 Å². The second kappa shape index (κ2) is 6.59. The van der Waals surface area contributed by atoms with Gasteiger partial charge < -0.3 is 4.74 Å². The number of nitrogens with one attached hydrogen (secondary N) is 1. The van der Waals surface area contributed by atoms with Crippen LogP contribution < -0.4 is 9.46 Å². The second-order valence-corrected chi connectivity index (χ2v) is 7.18. The summed E-state index contributed by atoms with van der Waals surface area (Å²) in [7, 11) is -2.06. The smallest absolute Gasteiger partial charge is 0.241 e. The van der Waals surface area contributed by atoms with Gasteiger partial charge in [0.15, 0.2) is 0 Å². The van der Waals surface area contributed by atoms with Gasteiger partial charge in [0.1, 0.15) is 5.75 Å². The first-order chi connectivity index (χ1) is 11.5. The molecule has 0 spiro atoms. The number of ether oxygens (including phenoxy) is 1. The van der Waals surface area contributed by atoms with Gasteiger partial charge in [-0.05, 0) is 48.4 Å². The van der Waals surface area contributed by atoms with Crippen LogP contribution in [0.3, 0.4) is 0 Å². The summed E-state index contributed by atoms with van der Waals surface area (Å²) in [6.45, 7) is 1.95. The van der Waals surface area contributed by atoms with Gasteiger partial charge in [-0.15, -0.1) is 0 Å². The molecule has 0 aliphatic rings. The van der Waals surface area contributed by atoms with Crippen molar-refractivity contribution in [1.29, 1.82) is 0 Å². The highest BCUT2D eigenvalue weighted by atomic mass is 32.2. The zero-order chi connectivity index (χ0) is 17.2. The summed E-state index contributed by atoms with van der Waals surface area (Å²) < 4.78 is 33.0. The molecule has 0 bridgehead atoms. The third-order valence-corrected chi connectivity index (χ3v) is 5.43. The number of rotatable bonds is 5. The average molecular weight is 342 g/mol. The molecule has 0 radical (unpaired) electrons. The van der Waals surface area contributed by atoms with E-state index in [9.17, 15) is 8.42 Å². The SMILES string of the molecule is COc1ccc(S(=O)(=O)NCc2ccnc3ccccc23)c(C)c1. The van der Waals surface area contributed by atoms with Gasteiger partial charge in [0.2, 0.25) is 10.0 Å². The number of benzene rings is 2. The highest BCUT2D eigenvalue weighted by Crippen LogP contribution is 2.22. The van der Waals surface area contributed by atoms with Gasteiger partial charge in [0.25, 0.3) is 0 Å². The van der Waals surface area contributed by atoms with Crippen LogP contribution in [-0.2, 0) is 16.6 Å². The predicted molar refractivity (Wildman–Crippen MR) is 93.5 cm³/mol. The second-order valence-electron chi connectivity index (χ2n) is 5.44. The van der Waals surface area contributed by atoms with Crippen LogP contribution >= 0.6 is 0 Å². The maximum absolute atomic E-state index is 12.6. The van der Waals surface area contributed by atoms with E-state index in [0.717, 1.165) is 16.5 Å². The number of para-hydroxylation sites is 1. The molecule has 6 heteroatoms. The molecule has 0 saturated carbocycles. The topological polar surface area (TPSA) is 68.3 Å². The number of sulfonamides is 1. The van der Waals surface area contributed by atoms with Crippen LogP contribution in [-0.4, -0.2) is 20.5 Å². The Hall–Kier alpha value is -2.44. The molecule has 0 aliphatic carbocycles. The van der Waals surface area contributed by atoms with E-state index in [-0.39, 0.29) is 11.4 Å². The van der Waals surface area contributed by atoms with Crippen molar-refractivity contribution in [2.75, 3.05) is 7.11 Å². The molecule has 0 fully saturated rings. The molecule has 5 nitrogen and oxygen atoms in total. The maximum atomic E-state index is 12.6. The molecular weight excluding hydrogens is 324 g/mol. The van der Waals surface area contributed by atoms with E-state index in [0.29, 0.717) is 11.3 Å². The normalized spacial score (nSPS) is 11.6. The van der Waals surface area contributed by atoms with Crippen LogP contribution in [0.2, 0.25) is 0 Å². The van der Waals surface area contributed by atoms with E-state index in [1.54, 1.807) is 38.4 Å². The molecule has 1 N–H and O–H groups in total. The van der Waals surface area contributed by atoms with E-state index < -0.39 is 10.0 Å². The molecule has 2 aromatic carbocycles.